The topological polar surface area (TPSA) is 88.6 Å². The van der Waals surface area contributed by atoms with Crippen LogP contribution < -0.4 is 5.73 Å². The summed E-state index contributed by atoms with van der Waals surface area (Å²) in [6.07, 6.45) is 6.19. The molecule has 0 aliphatic rings. The van der Waals surface area contributed by atoms with Gasteiger partial charge in [0, 0.05) is 19.8 Å². The van der Waals surface area contributed by atoms with E-state index in [9.17, 15) is 4.79 Å². The number of allylic oxidation sites excluding steroid dienone is 2. The minimum absolute atomic E-state index is 0.307. The highest BCUT2D eigenvalue weighted by Crippen LogP contribution is 2.13. The zero-order valence-electron chi connectivity index (χ0n) is 15.6. The highest BCUT2D eigenvalue weighted by atomic mass is 16.6. The molecule has 0 rings (SSSR count). The summed E-state index contributed by atoms with van der Waals surface area (Å²) in [5.74, 6) is 0.536. The van der Waals surface area contributed by atoms with Crippen LogP contribution in [0.25, 0.3) is 0 Å². The first-order valence-electron chi connectivity index (χ1n) is 8.34. The summed E-state index contributed by atoms with van der Waals surface area (Å²) in [7, 11) is 1.73. The number of hydrogen-bond donors (Lipinski definition) is 1. The van der Waals surface area contributed by atoms with Crippen LogP contribution in [0.4, 0.5) is 4.79 Å². The molecule has 0 aliphatic heterocycles. The Morgan fingerprint density at radius 3 is 2.46 bits per heavy atom. The molecule has 0 atom stereocenters. The summed E-state index contributed by atoms with van der Waals surface area (Å²) in [5, 5.41) is 8.99. The Morgan fingerprint density at radius 1 is 1.29 bits per heavy atom. The fourth-order valence-corrected chi connectivity index (χ4v) is 1.85. The second kappa shape index (κ2) is 11.4. The normalized spacial score (nSPS) is 12.5. The van der Waals surface area contributed by atoms with Crippen molar-refractivity contribution in [2.45, 2.75) is 59.0 Å². The van der Waals surface area contributed by atoms with Gasteiger partial charge in [-0.05, 0) is 52.5 Å². The molecule has 0 aromatic carbocycles. The zero-order valence-corrected chi connectivity index (χ0v) is 15.6. The number of ether oxygens (including phenoxy) is 2. The fraction of sp³-hybridized carbons (Fsp3) is 0.667. The van der Waals surface area contributed by atoms with Gasteiger partial charge in [0.15, 0.2) is 0 Å². The van der Waals surface area contributed by atoms with E-state index in [0.717, 1.165) is 25.7 Å². The second-order valence-corrected chi connectivity index (χ2v) is 6.48. The first kappa shape index (κ1) is 21.8. The Labute approximate surface area is 145 Å². The van der Waals surface area contributed by atoms with E-state index in [4.69, 9.17) is 20.5 Å². The largest absolute Gasteiger partial charge is 0.492 e. The van der Waals surface area contributed by atoms with Crippen molar-refractivity contribution in [2.24, 2.45) is 5.73 Å². The number of rotatable bonds is 9. The molecule has 2 N–H and O–H groups in total. The molecular formula is C18H31N3O3. The summed E-state index contributed by atoms with van der Waals surface area (Å²) in [6, 6.07) is 2.02. The average molecular weight is 337 g/mol. The Bertz CT molecular complexity index is 485. The second-order valence-electron chi connectivity index (χ2n) is 6.48. The molecule has 6 nitrogen and oxygen atoms in total. The van der Waals surface area contributed by atoms with Crippen molar-refractivity contribution < 1.29 is 14.3 Å². The van der Waals surface area contributed by atoms with Crippen molar-refractivity contribution in [3.63, 3.8) is 0 Å². The van der Waals surface area contributed by atoms with Crippen molar-refractivity contribution in [2.75, 3.05) is 20.2 Å². The molecule has 0 bridgehead atoms. The number of nitrogens with zero attached hydrogens (tertiary/aromatic N) is 2. The van der Waals surface area contributed by atoms with E-state index in [0.29, 0.717) is 24.5 Å². The molecule has 0 aromatic rings. The highest BCUT2D eigenvalue weighted by Gasteiger charge is 2.19. The third-order valence-corrected chi connectivity index (χ3v) is 3.04. The van der Waals surface area contributed by atoms with E-state index in [1.807, 2.05) is 39.8 Å². The molecule has 0 unspecified atom stereocenters. The maximum atomic E-state index is 11.8. The van der Waals surface area contributed by atoms with E-state index < -0.39 is 5.60 Å². The molecule has 0 aromatic heterocycles. The summed E-state index contributed by atoms with van der Waals surface area (Å²) in [5.41, 5.74) is 5.29. The minimum Gasteiger partial charge on any atom is -0.492 e. The molecule has 0 fully saturated rings. The van der Waals surface area contributed by atoms with Gasteiger partial charge in [0.2, 0.25) is 0 Å². The Kier molecular flexibility index (Phi) is 10.4. The zero-order chi connectivity index (χ0) is 18.6. The third-order valence-electron chi connectivity index (χ3n) is 3.04. The lowest BCUT2D eigenvalue weighted by Crippen LogP contribution is -2.34. The standard InChI is InChI=1S/C18H31N3O3/c1-6-10-16(15(13-19)14-20)23-12-9-7-8-11-21(5)17(22)24-18(2,3)4/h10,13H,6-9,11-12,19H2,1-5H3/b15-13+,16-10+. The third kappa shape index (κ3) is 9.78. The van der Waals surface area contributed by atoms with Gasteiger partial charge >= 0.3 is 6.09 Å². The number of nitriles is 1. The molecule has 6 heteroatoms. The average Bonchev–Trinajstić information content (AvgIpc) is 2.49. The molecule has 24 heavy (non-hydrogen) atoms. The van der Waals surface area contributed by atoms with Crippen molar-refractivity contribution in [1.29, 1.82) is 5.26 Å². The summed E-state index contributed by atoms with van der Waals surface area (Å²) >= 11 is 0. The first-order valence-corrected chi connectivity index (χ1v) is 8.34. The molecule has 0 spiro atoms. The van der Waals surface area contributed by atoms with Gasteiger partial charge in [-0.2, -0.15) is 5.26 Å². The van der Waals surface area contributed by atoms with Gasteiger partial charge in [-0.1, -0.05) is 6.92 Å². The van der Waals surface area contributed by atoms with Gasteiger partial charge in [0.05, 0.1) is 6.61 Å². The number of unbranched alkanes of at least 4 members (excludes halogenated alkanes) is 2. The van der Waals surface area contributed by atoms with Gasteiger partial charge in [-0.25, -0.2) is 4.79 Å². The van der Waals surface area contributed by atoms with Gasteiger partial charge in [-0.15, -0.1) is 0 Å². The van der Waals surface area contributed by atoms with Crippen LogP contribution in [-0.2, 0) is 9.47 Å². The summed E-state index contributed by atoms with van der Waals surface area (Å²) < 4.78 is 10.9. The number of nitrogens with two attached hydrogens (primary N) is 1. The van der Waals surface area contributed by atoms with E-state index in [2.05, 4.69) is 0 Å². The number of hydrogen-bond acceptors (Lipinski definition) is 5. The maximum Gasteiger partial charge on any atom is 0.410 e. The molecule has 0 radical (unpaired) electrons. The van der Waals surface area contributed by atoms with Crippen LogP contribution in [0.2, 0.25) is 0 Å². The molecule has 136 valence electrons. The molecular weight excluding hydrogens is 306 g/mol. The van der Waals surface area contributed by atoms with Crippen LogP contribution in [0.5, 0.6) is 0 Å². The minimum atomic E-state index is -0.476. The Hall–Kier alpha value is -2.16. The van der Waals surface area contributed by atoms with Crippen molar-refractivity contribution >= 4 is 6.09 Å². The first-order chi connectivity index (χ1) is 11.2. The highest BCUT2D eigenvalue weighted by molar-refractivity contribution is 5.67. The fourth-order valence-electron chi connectivity index (χ4n) is 1.85. The van der Waals surface area contributed by atoms with Crippen LogP contribution in [0, 0.1) is 11.3 Å². The number of amides is 1. The molecule has 0 saturated carbocycles. The van der Waals surface area contributed by atoms with Gasteiger partial charge in [-0.3, -0.25) is 0 Å². The van der Waals surface area contributed by atoms with Gasteiger partial charge < -0.3 is 20.1 Å². The maximum absolute atomic E-state index is 11.8. The monoisotopic (exact) mass is 337 g/mol. The smallest absolute Gasteiger partial charge is 0.410 e. The van der Waals surface area contributed by atoms with Gasteiger partial charge in [0.25, 0.3) is 0 Å². The predicted molar refractivity (Wildman–Crippen MR) is 94.9 cm³/mol. The van der Waals surface area contributed by atoms with Crippen LogP contribution in [0.1, 0.15) is 53.4 Å². The van der Waals surface area contributed by atoms with Crippen LogP contribution in [-0.4, -0.2) is 36.8 Å². The van der Waals surface area contributed by atoms with Crippen LogP contribution in [0.15, 0.2) is 23.6 Å². The SMILES string of the molecule is CC/C=C(OCCCCCN(C)C(=O)OC(C)(C)C)\C(C#N)=C\N. The van der Waals surface area contributed by atoms with Crippen molar-refractivity contribution in [3.05, 3.63) is 23.6 Å². The molecule has 1 amide bonds. The Morgan fingerprint density at radius 2 is 1.96 bits per heavy atom. The summed E-state index contributed by atoms with van der Waals surface area (Å²) in [4.78, 5) is 13.4. The molecule has 0 saturated heterocycles. The quantitative estimate of drug-likeness (QED) is 0.300. The molecule has 0 heterocycles. The predicted octanol–water partition coefficient (Wildman–Crippen LogP) is 3.70. The lowest BCUT2D eigenvalue weighted by molar-refractivity contribution is 0.0295. The van der Waals surface area contributed by atoms with Crippen molar-refractivity contribution in [1.82, 2.24) is 4.90 Å². The van der Waals surface area contributed by atoms with E-state index >= 15 is 0 Å². The van der Waals surface area contributed by atoms with E-state index in [1.165, 1.54) is 6.20 Å². The van der Waals surface area contributed by atoms with Gasteiger partial charge in [0.1, 0.15) is 23.0 Å². The van der Waals surface area contributed by atoms with Crippen LogP contribution in [0.3, 0.4) is 0 Å². The Balaban J connectivity index is 4.04. The van der Waals surface area contributed by atoms with E-state index in [1.54, 1.807) is 11.9 Å². The number of carbonyl (C=O) groups is 1. The van der Waals surface area contributed by atoms with E-state index in [-0.39, 0.29) is 6.09 Å². The lowest BCUT2D eigenvalue weighted by atomic mass is 10.2. The summed E-state index contributed by atoms with van der Waals surface area (Å²) in [6.45, 7) is 8.68. The number of carbonyl (C=O) groups excluding carboxylic acids is 1. The van der Waals surface area contributed by atoms with Crippen LogP contribution >= 0.6 is 0 Å². The van der Waals surface area contributed by atoms with Crippen molar-refractivity contribution in [3.8, 4) is 6.07 Å². The molecule has 0 aliphatic carbocycles. The lowest BCUT2D eigenvalue weighted by Gasteiger charge is -2.24.